The van der Waals surface area contributed by atoms with Crippen LogP contribution in [0.5, 0.6) is 5.75 Å². The smallest absolute Gasteiger partial charge is 0.273 e. The molecule has 1 N–H and O–H groups in total. The lowest BCUT2D eigenvalue weighted by molar-refractivity contribution is 0.0374. The highest BCUT2D eigenvalue weighted by Crippen LogP contribution is 2.17. The van der Waals surface area contributed by atoms with Crippen LogP contribution in [0.25, 0.3) is 5.69 Å². The van der Waals surface area contributed by atoms with Gasteiger partial charge in [-0.3, -0.25) is 9.69 Å². The number of aromatic nitrogens is 3. The summed E-state index contributed by atoms with van der Waals surface area (Å²) in [5, 5.41) is 11.1. The highest BCUT2D eigenvalue weighted by Gasteiger charge is 2.17. The van der Waals surface area contributed by atoms with Crippen LogP contribution in [0.15, 0.2) is 24.3 Å². The second kappa shape index (κ2) is 9.48. The van der Waals surface area contributed by atoms with Crippen molar-refractivity contribution in [3.05, 3.63) is 35.7 Å². The number of rotatable bonds is 8. The molecular formula is C19H27N5O3. The van der Waals surface area contributed by atoms with Gasteiger partial charge in [-0.25, -0.2) is 4.68 Å². The molecule has 0 atom stereocenters. The van der Waals surface area contributed by atoms with Crippen molar-refractivity contribution >= 4 is 5.91 Å². The summed E-state index contributed by atoms with van der Waals surface area (Å²) in [6.45, 7) is 9.50. The Morgan fingerprint density at radius 2 is 2.00 bits per heavy atom. The number of morpholine rings is 1. The number of carbonyl (C=O) groups is 1. The maximum atomic E-state index is 12.4. The Bertz CT molecular complexity index is 738. The van der Waals surface area contributed by atoms with Gasteiger partial charge in [0.15, 0.2) is 5.69 Å². The minimum absolute atomic E-state index is 0.188. The maximum Gasteiger partial charge on any atom is 0.273 e. The Morgan fingerprint density at radius 3 is 2.70 bits per heavy atom. The summed E-state index contributed by atoms with van der Waals surface area (Å²) in [6, 6.07) is 7.56. The summed E-state index contributed by atoms with van der Waals surface area (Å²) < 4.78 is 12.5. The Balaban J connectivity index is 1.53. The number of hydrogen-bond donors (Lipinski definition) is 1. The van der Waals surface area contributed by atoms with E-state index in [-0.39, 0.29) is 5.91 Å². The first-order chi connectivity index (χ1) is 13.2. The van der Waals surface area contributed by atoms with Crippen LogP contribution >= 0.6 is 0 Å². The monoisotopic (exact) mass is 373 g/mol. The second-order valence-electron chi connectivity index (χ2n) is 6.43. The predicted molar refractivity (Wildman–Crippen MR) is 101 cm³/mol. The lowest BCUT2D eigenvalue weighted by Crippen LogP contribution is -2.38. The normalized spacial score (nSPS) is 14.9. The zero-order chi connectivity index (χ0) is 19.1. The van der Waals surface area contributed by atoms with Crippen LogP contribution in [0, 0.1) is 6.92 Å². The van der Waals surface area contributed by atoms with Gasteiger partial charge in [-0.05, 0) is 51.1 Å². The van der Waals surface area contributed by atoms with Gasteiger partial charge in [0.1, 0.15) is 5.75 Å². The molecule has 146 valence electrons. The quantitative estimate of drug-likeness (QED) is 0.705. The van der Waals surface area contributed by atoms with Gasteiger partial charge in [0.05, 0.1) is 31.2 Å². The van der Waals surface area contributed by atoms with E-state index >= 15 is 0 Å². The minimum Gasteiger partial charge on any atom is -0.494 e. The predicted octanol–water partition coefficient (Wildman–Crippen LogP) is 1.43. The van der Waals surface area contributed by atoms with E-state index in [1.54, 1.807) is 4.68 Å². The van der Waals surface area contributed by atoms with Gasteiger partial charge in [-0.15, -0.1) is 5.10 Å². The molecule has 1 saturated heterocycles. The summed E-state index contributed by atoms with van der Waals surface area (Å²) in [7, 11) is 0. The molecule has 0 saturated carbocycles. The average Bonchev–Trinajstić information content (AvgIpc) is 3.08. The van der Waals surface area contributed by atoms with Crippen LogP contribution in [0.4, 0.5) is 0 Å². The van der Waals surface area contributed by atoms with E-state index < -0.39 is 0 Å². The molecule has 8 nitrogen and oxygen atoms in total. The highest BCUT2D eigenvalue weighted by atomic mass is 16.5. The topological polar surface area (TPSA) is 81.5 Å². The van der Waals surface area contributed by atoms with Crippen molar-refractivity contribution in [1.29, 1.82) is 0 Å². The Hall–Kier alpha value is -2.45. The van der Waals surface area contributed by atoms with Crippen molar-refractivity contribution in [2.45, 2.75) is 20.3 Å². The molecule has 27 heavy (non-hydrogen) atoms. The molecule has 1 aliphatic rings. The molecular weight excluding hydrogens is 346 g/mol. The van der Waals surface area contributed by atoms with Gasteiger partial charge in [0.2, 0.25) is 0 Å². The summed E-state index contributed by atoms with van der Waals surface area (Å²) in [5.74, 6) is 0.615. The van der Waals surface area contributed by atoms with Crippen LogP contribution in [0.2, 0.25) is 0 Å². The fraction of sp³-hybridized carbons (Fsp3) is 0.526. The number of amides is 1. The van der Waals surface area contributed by atoms with E-state index in [0.29, 0.717) is 24.5 Å². The summed E-state index contributed by atoms with van der Waals surface area (Å²) in [6.07, 6.45) is 0.901. The average molecular weight is 373 g/mol. The molecule has 2 aromatic rings. The Morgan fingerprint density at radius 1 is 1.26 bits per heavy atom. The molecule has 1 aromatic carbocycles. The molecule has 0 spiro atoms. The van der Waals surface area contributed by atoms with Crippen molar-refractivity contribution in [2.75, 3.05) is 46.0 Å². The fourth-order valence-electron chi connectivity index (χ4n) is 3.05. The van der Waals surface area contributed by atoms with E-state index in [9.17, 15) is 4.79 Å². The number of benzene rings is 1. The standard InChI is InChI=1S/C19H27N5O3/c1-3-27-17-7-5-16(6-8-17)24-15(2)18(21-22-24)19(25)20-9-4-10-23-11-13-26-14-12-23/h5-8H,3-4,9-14H2,1-2H3,(H,20,25). The summed E-state index contributed by atoms with van der Waals surface area (Å²) in [4.78, 5) is 14.8. The zero-order valence-corrected chi connectivity index (χ0v) is 16.0. The van der Waals surface area contributed by atoms with Gasteiger partial charge in [-0.1, -0.05) is 5.21 Å². The van der Waals surface area contributed by atoms with E-state index in [1.807, 2.05) is 38.1 Å². The molecule has 2 heterocycles. The molecule has 1 aromatic heterocycles. The van der Waals surface area contributed by atoms with Crippen LogP contribution in [0.3, 0.4) is 0 Å². The van der Waals surface area contributed by atoms with Gasteiger partial charge < -0.3 is 14.8 Å². The molecule has 1 fully saturated rings. The Kier molecular flexibility index (Phi) is 6.78. The van der Waals surface area contributed by atoms with Crippen LogP contribution in [0.1, 0.15) is 29.5 Å². The molecule has 0 radical (unpaired) electrons. The lowest BCUT2D eigenvalue weighted by Gasteiger charge is -2.26. The number of hydrogen-bond acceptors (Lipinski definition) is 6. The van der Waals surface area contributed by atoms with E-state index in [1.165, 1.54) is 0 Å². The minimum atomic E-state index is -0.188. The molecule has 8 heteroatoms. The molecule has 3 rings (SSSR count). The highest BCUT2D eigenvalue weighted by molar-refractivity contribution is 5.93. The summed E-state index contributed by atoms with van der Waals surface area (Å²) >= 11 is 0. The fourth-order valence-corrected chi connectivity index (χ4v) is 3.05. The van der Waals surface area contributed by atoms with Crippen LogP contribution in [-0.2, 0) is 4.74 Å². The molecule has 0 aliphatic carbocycles. The molecule has 1 aliphatic heterocycles. The zero-order valence-electron chi connectivity index (χ0n) is 16.0. The van der Waals surface area contributed by atoms with Crippen molar-refractivity contribution in [3.63, 3.8) is 0 Å². The second-order valence-corrected chi connectivity index (χ2v) is 6.43. The third-order valence-electron chi connectivity index (χ3n) is 4.54. The number of ether oxygens (including phenoxy) is 2. The molecule has 0 unspecified atom stereocenters. The SMILES string of the molecule is CCOc1ccc(-n2nnc(C(=O)NCCCN3CCOCC3)c2C)cc1. The lowest BCUT2D eigenvalue weighted by atomic mass is 10.2. The molecule has 0 bridgehead atoms. The number of nitrogens with zero attached hydrogens (tertiary/aromatic N) is 4. The van der Waals surface area contributed by atoms with Gasteiger partial charge in [0, 0.05) is 19.6 Å². The van der Waals surface area contributed by atoms with Crippen molar-refractivity contribution in [2.24, 2.45) is 0 Å². The number of carbonyl (C=O) groups excluding carboxylic acids is 1. The maximum absolute atomic E-state index is 12.4. The van der Waals surface area contributed by atoms with Gasteiger partial charge in [-0.2, -0.15) is 0 Å². The van der Waals surface area contributed by atoms with Gasteiger partial charge >= 0.3 is 0 Å². The van der Waals surface area contributed by atoms with E-state index in [4.69, 9.17) is 9.47 Å². The van der Waals surface area contributed by atoms with E-state index in [2.05, 4.69) is 20.5 Å². The van der Waals surface area contributed by atoms with Gasteiger partial charge in [0.25, 0.3) is 5.91 Å². The first kappa shape index (κ1) is 19.3. The third-order valence-corrected chi connectivity index (χ3v) is 4.54. The van der Waals surface area contributed by atoms with Crippen molar-refractivity contribution in [1.82, 2.24) is 25.2 Å². The van der Waals surface area contributed by atoms with Crippen molar-refractivity contribution in [3.8, 4) is 11.4 Å². The largest absolute Gasteiger partial charge is 0.494 e. The Labute approximate surface area is 159 Å². The first-order valence-corrected chi connectivity index (χ1v) is 9.43. The van der Waals surface area contributed by atoms with Crippen LogP contribution in [-0.4, -0.2) is 71.8 Å². The van der Waals surface area contributed by atoms with E-state index in [0.717, 1.165) is 50.7 Å². The first-order valence-electron chi connectivity index (χ1n) is 9.43. The summed E-state index contributed by atoms with van der Waals surface area (Å²) in [5.41, 5.74) is 1.91. The van der Waals surface area contributed by atoms with Crippen molar-refractivity contribution < 1.29 is 14.3 Å². The number of nitrogens with one attached hydrogen (secondary N) is 1. The third kappa shape index (κ3) is 5.05. The van der Waals surface area contributed by atoms with Crippen LogP contribution < -0.4 is 10.1 Å². The molecule has 1 amide bonds.